The lowest BCUT2D eigenvalue weighted by molar-refractivity contribution is -0.121. The first-order valence-electron chi connectivity index (χ1n) is 7.16. The van der Waals surface area contributed by atoms with Gasteiger partial charge in [-0.05, 0) is 25.2 Å². The molecule has 19 heavy (non-hydrogen) atoms. The van der Waals surface area contributed by atoms with Crippen molar-refractivity contribution in [2.75, 3.05) is 19.6 Å². The molecule has 2 N–H and O–H groups in total. The molecule has 0 bridgehead atoms. The van der Waals surface area contributed by atoms with Gasteiger partial charge in [0.1, 0.15) is 0 Å². The molecule has 0 saturated carbocycles. The van der Waals surface area contributed by atoms with Gasteiger partial charge in [0.25, 0.3) is 0 Å². The summed E-state index contributed by atoms with van der Waals surface area (Å²) in [6.45, 7) is 10.3. The molecule has 0 aromatic heterocycles. The number of carbonyl (C=O) groups excluding carboxylic acids is 2. The van der Waals surface area contributed by atoms with Gasteiger partial charge in [-0.3, -0.25) is 4.79 Å². The van der Waals surface area contributed by atoms with Crippen LogP contribution in [0.1, 0.15) is 47.0 Å². The fourth-order valence-corrected chi connectivity index (χ4v) is 2.13. The molecular formula is C14H27N3O2. The van der Waals surface area contributed by atoms with Gasteiger partial charge in [0, 0.05) is 32.1 Å². The summed E-state index contributed by atoms with van der Waals surface area (Å²) in [6, 6.07) is 0.143. The van der Waals surface area contributed by atoms with Gasteiger partial charge in [0.05, 0.1) is 0 Å². The van der Waals surface area contributed by atoms with E-state index >= 15 is 0 Å². The second-order valence-electron chi connectivity index (χ2n) is 6.19. The van der Waals surface area contributed by atoms with E-state index in [4.69, 9.17) is 0 Å². The summed E-state index contributed by atoms with van der Waals surface area (Å²) in [4.78, 5) is 25.2. The van der Waals surface area contributed by atoms with Crippen LogP contribution in [-0.2, 0) is 4.79 Å². The highest BCUT2D eigenvalue weighted by molar-refractivity contribution is 5.78. The van der Waals surface area contributed by atoms with Crippen molar-refractivity contribution in [2.45, 2.75) is 53.0 Å². The third-order valence-corrected chi connectivity index (χ3v) is 3.61. The van der Waals surface area contributed by atoms with E-state index in [0.29, 0.717) is 13.0 Å². The Hall–Kier alpha value is -1.26. The lowest BCUT2D eigenvalue weighted by Crippen LogP contribution is -2.41. The molecule has 1 heterocycles. The number of hydrogen-bond donors (Lipinski definition) is 2. The summed E-state index contributed by atoms with van der Waals surface area (Å²) < 4.78 is 0. The molecule has 1 aliphatic heterocycles. The van der Waals surface area contributed by atoms with E-state index in [0.717, 1.165) is 25.9 Å². The molecule has 0 aliphatic carbocycles. The normalized spacial score (nSPS) is 19.1. The molecule has 0 aromatic carbocycles. The summed E-state index contributed by atoms with van der Waals surface area (Å²) in [7, 11) is 0. The minimum atomic E-state index is -0.0538. The molecule has 0 spiro atoms. The molecule has 1 saturated heterocycles. The summed E-state index contributed by atoms with van der Waals surface area (Å²) in [5.41, 5.74) is 0.214. The van der Waals surface area contributed by atoms with Crippen molar-refractivity contribution in [2.24, 2.45) is 5.41 Å². The smallest absolute Gasteiger partial charge is 0.317 e. The largest absolute Gasteiger partial charge is 0.354 e. The molecule has 1 atom stereocenters. The Bertz CT molecular complexity index is 329. The SMILES string of the molecule is CC[C@H](C)NC(=O)CCNC(=O)N1CCC(C)(C)C1. The Morgan fingerprint density at radius 2 is 2.05 bits per heavy atom. The lowest BCUT2D eigenvalue weighted by Gasteiger charge is -2.20. The van der Waals surface area contributed by atoms with E-state index in [1.54, 1.807) is 0 Å². The Kier molecular flexibility index (Phi) is 5.63. The van der Waals surface area contributed by atoms with Crippen LogP contribution in [0.25, 0.3) is 0 Å². The van der Waals surface area contributed by atoms with Crippen LogP contribution in [0.2, 0.25) is 0 Å². The minimum absolute atomic E-state index is 0.00333. The van der Waals surface area contributed by atoms with Crippen molar-refractivity contribution < 1.29 is 9.59 Å². The Labute approximate surface area is 116 Å². The molecule has 5 nitrogen and oxygen atoms in total. The average Bonchev–Trinajstić information content (AvgIpc) is 2.69. The number of likely N-dealkylation sites (tertiary alicyclic amines) is 1. The van der Waals surface area contributed by atoms with Crippen LogP contribution in [0.15, 0.2) is 0 Å². The predicted molar refractivity (Wildman–Crippen MR) is 75.9 cm³/mol. The second kappa shape index (κ2) is 6.78. The third-order valence-electron chi connectivity index (χ3n) is 3.61. The van der Waals surface area contributed by atoms with Gasteiger partial charge in [-0.25, -0.2) is 4.79 Å². The first kappa shape index (κ1) is 15.8. The minimum Gasteiger partial charge on any atom is -0.354 e. The Morgan fingerprint density at radius 3 is 2.58 bits per heavy atom. The maximum absolute atomic E-state index is 11.9. The van der Waals surface area contributed by atoms with Crippen LogP contribution in [0.5, 0.6) is 0 Å². The van der Waals surface area contributed by atoms with Gasteiger partial charge in [-0.1, -0.05) is 20.8 Å². The van der Waals surface area contributed by atoms with Gasteiger partial charge in [0.15, 0.2) is 0 Å². The molecule has 0 aromatic rings. The van der Waals surface area contributed by atoms with E-state index in [1.165, 1.54) is 0 Å². The van der Waals surface area contributed by atoms with Crippen molar-refractivity contribution in [3.8, 4) is 0 Å². The van der Waals surface area contributed by atoms with Crippen molar-refractivity contribution >= 4 is 11.9 Å². The van der Waals surface area contributed by atoms with E-state index in [-0.39, 0.29) is 23.4 Å². The zero-order valence-corrected chi connectivity index (χ0v) is 12.6. The quantitative estimate of drug-likeness (QED) is 0.798. The molecule has 1 fully saturated rings. The fraction of sp³-hybridized carbons (Fsp3) is 0.857. The predicted octanol–water partition coefficient (Wildman–Crippen LogP) is 1.73. The van der Waals surface area contributed by atoms with Crippen LogP contribution in [0.3, 0.4) is 0 Å². The van der Waals surface area contributed by atoms with Crippen LogP contribution in [0, 0.1) is 5.41 Å². The zero-order chi connectivity index (χ0) is 14.5. The van der Waals surface area contributed by atoms with Crippen LogP contribution in [-0.4, -0.2) is 42.5 Å². The fourth-order valence-electron chi connectivity index (χ4n) is 2.13. The number of carbonyl (C=O) groups is 2. The number of urea groups is 1. The lowest BCUT2D eigenvalue weighted by atomic mass is 9.93. The maximum atomic E-state index is 11.9. The van der Waals surface area contributed by atoms with E-state index < -0.39 is 0 Å². The van der Waals surface area contributed by atoms with E-state index in [9.17, 15) is 9.59 Å². The second-order valence-corrected chi connectivity index (χ2v) is 6.19. The highest BCUT2D eigenvalue weighted by atomic mass is 16.2. The molecule has 1 aliphatic rings. The molecule has 5 heteroatoms. The zero-order valence-electron chi connectivity index (χ0n) is 12.6. The molecule has 1 rings (SSSR count). The molecular weight excluding hydrogens is 242 g/mol. The number of nitrogens with zero attached hydrogens (tertiary/aromatic N) is 1. The van der Waals surface area contributed by atoms with E-state index in [2.05, 4.69) is 24.5 Å². The average molecular weight is 269 g/mol. The van der Waals surface area contributed by atoms with Crippen molar-refractivity contribution in [3.05, 3.63) is 0 Å². The first-order valence-corrected chi connectivity index (χ1v) is 7.16. The van der Waals surface area contributed by atoms with Crippen molar-refractivity contribution in [1.29, 1.82) is 0 Å². The number of amides is 3. The van der Waals surface area contributed by atoms with E-state index in [1.807, 2.05) is 18.7 Å². The highest BCUT2D eigenvalue weighted by Crippen LogP contribution is 2.28. The molecule has 110 valence electrons. The molecule has 3 amide bonds. The van der Waals surface area contributed by atoms with Crippen LogP contribution in [0.4, 0.5) is 4.79 Å². The van der Waals surface area contributed by atoms with Crippen molar-refractivity contribution in [3.63, 3.8) is 0 Å². The summed E-state index contributed by atoms with van der Waals surface area (Å²) >= 11 is 0. The van der Waals surface area contributed by atoms with Crippen molar-refractivity contribution in [1.82, 2.24) is 15.5 Å². The van der Waals surface area contributed by atoms with Gasteiger partial charge in [-0.2, -0.15) is 0 Å². The topological polar surface area (TPSA) is 61.4 Å². The van der Waals surface area contributed by atoms with Crippen LogP contribution < -0.4 is 10.6 Å². The number of rotatable bonds is 5. The Balaban J connectivity index is 2.19. The van der Waals surface area contributed by atoms with Gasteiger partial charge in [0.2, 0.25) is 5.91 Å². The first-order chi connectivity index (χ1) is 8.84. The number of hydrogen-bond acceptors (Lipinski definition) is 2. The van der Waals surface area contributed by atoms with Gasteiger partial charge < -0.3 is 15.5 Å². The standard InChI is InChI=1S/C14H27N3O2/c1-5-11(2)16-12(18)6-8-15-13(19)17-9-7-14(3,4)10-17/h11H,5-10H2,1-4H3,(H,15,19)(H,16,18)/t11-/m0/s1. The molecule has 0 radical (unpaired) electrons. The highest BCUT2D eigenvalue weighted by Gasteiger charge is 2.31. The maximum Gasteiger partial charge on any atom is 0.317 e. The number of nitrogens with one attached hydrogen (secondary N) is 2. The summed E-state index contributed by atoms with van der Waals surface area (Å²) in [5.74, 6) is -0.00333. The monoisotopic (exact) mass is 269 g/mol. The Morgan fingerprint density at radius 1 is 1.37 bits per heavy atom. The van der Waals surface area contributed by atoms with Gasteiger partial charge in [-0.15, -0.1) is 0 Å². The third kappa shape index (κ3) is 5.49. The summed E-state index contributed by atoms with van der Waals surface area (Å²) in [5, 5.41) is 5.69. The van der Waals surface area contributed by atoms with Gasteiger partial charge >= 0.3 is 6.03 Å². The summed E-state index contributed by atoms with van der Waals surface area (Å²) in [6.07, 6.45) is 2.29. The molecule has 0 unspecified atom stereocenters. The van der Waals surface area contributed by atoms with Crippen LogP contribution >= 0.6 is 0 Å².